The number of likely N-dealkylation sites (tertiary alicyclic amines) is 2. The van der Waals surface area contributed by atoms with E-state index >= 15 is 0 Å². The molecule has 0 aliphatic carbocycles. The second-order valence-corrected chi connectivity index (χ2v) is 10.8. The molecule has 2 aliphatic rings. The molecular weight excluding hydrogens is 447 g/mol. The number of piperidine rings is 1. The number of carbonyl (C=O) groups excluding carboxylic acids is 1. The van der Waals surface area contributed by atoms with E-state index in [1.807, 2.05) is 19.1 Å². The Bertz CT molecular complexity index is 864. The van der Waals surface area contributed by atoms with Crippen LogP contribution in [0.1, 0.15) is 49.7 Å². The van der Waals surface area contributed by atoms with E-state index in [1.165, 1.54) is 5.56 Å². The molecule has 0 saturated carbocycles. The molecule has 2 fully saturated rings. The van der Waals surface area contributed by atoms with Crippen molar-refractivity contribution in [2.45, 2.75) is 45.1 Å². The normalized spacial score (nSPS) is 23.5. The van der Waals surface area contributed by atoms with E-state index in [2.05, 4.69) is 32.7 Å². The van der Waals surface area contributed by atoms with Crippen LogP contribution >= 0.6 is 34.5 Å². The summed E-state index contributed by atoms with van der Waals surface area (Å²) in [6.45, 7) is 8.39. The molecule has 2 aliphatic heterocycles. The fraction of sp³-hybridized carbons (Fsp3) is 0.560. The van der Waals surface area contributed by atoms with Gasteiger partial charge in [0.25, 0.3) is 0 Å². The zero-order valence-electron chi connectivity index (χ0n) is 18.2. The van der Waals surface area contributed by atoms with Gasteiger partial charge in [-0.3, -0.25) is 9.69 Å². The lowest BCUT2D eigenvalue weighted by Gasteiger charge is -2.34. The molecular formula is C25H32Cl2N2OS. The number of halogens is 2. The van der Waals surface area contributed by atoms with E-state index in [0.717, 1.165) is 69.1 Å². The highest BCUT2D eigenvalue weighted by Gasteiger charge is 2.36. The Labute approximate surface area is 200 Å². The third kappa shape index (κ3) is 6.11. The first-order chi connectivity index (χ1) is 15.0. The first-order valence-electron chi connectivity index (χ1n) is 11.4. The van der Waals surface area contributed by atoms with E-state index in [4.69, 9.17) is 23.2 Å². The number of rotatable bonds is 8. The van der Waals surface area contributed by atoms with Crippen molar-refractivity contribution in [1.82, 2.24) is 9.80 Å². The Balaban J connectivity index is 1.38. The molecule has 168 valence electrons. The highest BCUT2D eigenvalue weighted by Crippen LogP contribution is 2.36. The molecule has 2 atom stereocenters. The lowest BCUT2D eigenvalue weighted by Crippen LogP contribution is -2.39. The van der Waals surface area contributed by atoms with Gasteiger partial charge in [-0.1, -0.05) is 36.2 Å². The molecule has 2 saturated heterocycles. The quantitative estimate of drug-likeness (QED) is 0.441. The van der Waals surface area contributed by atoms with E-state index in [0.29, 0.717) is 35.0 Å². The monoisotopic (exact) mass is 478 g/mol. The van der Waals surface area contributed by atoms with Gasteiger partial charge < -0.3 is 4.90 Å². The van der Waals surface area contributed by atoms with Crippen LogP contribution in [0.4, 0.5) is 0 Å². The van der Waals surface area contributed by atoms with Gasteiger partial charge in [0.15, 0.2) is 0 Å². The molecule has 1 aromatic heterocycles. The zero-order valence-corrected chi connectivity index (χ0v) is 20.6. The molecule has 0 N–H and O–H groups in total. The molecule has 1 aromatic carbocycles. The number of carbonyl (C=O) groups is 1. The Kier molecular flexibility index (Phi) is 8.11. The van der Waals surface area contributed by atoms with Crippen LogP contribution in [0.15, 0.2) is 35.0 Å². The van der Waals surface area contributed by atoms with Gasteiger partial charge in [0.2, 0.25) is 0 Å². The maximum atomic E-state index is 11.8. The molecule has 3 heterocycles. The molecule has 0 amide bonds. The highest BCUT2D eigenvalue weighted by molar-refractivity contribution is 7.08. The minimum absolute atomic E-state index is 0.420. The standard InChI is InChI=1S/C25H32Cl2N2OS/c1-2-23(30)11-18-5-8-28(9-6-18)14-21-15-29(16-24(21)20-7-10-31-17-20)13-19-3-4-22(26)12-25(19)27/h3-4,7,10,12,17-18,21,24H,2,5-6,8-9,11,13-16H2,1H3/t21-,24+/m0/s1. The summed E-state index contributed by atoms with van der Waals surface area (Å²) in [6.07, 6.45) is 3.77. The third-order valence-corrected chi connectivity index (χ3v) is 8.30. The summed E-state index contributed by atoms with van der Waals surface area (Å²) in [5.74, 6) is 2.19. The van der Waals surface area contributed by atoms with Gasteiger partial charge in [-0.2, -0.15) is 11.3 Å². The van der Waals surface area contributed by atoms with Crippen molar-refractivity contribution in [3.63, 3.8) is 0 Å². The van der Waals surface area contributed by atoms with Crippen molar-refractivity contribution >= 4 is 40.3 Å². The highest BCUT2D eigenvalue weighted by atomic mass is 35.5. The number of ketones is 1. The predicted molar refractivity (Wildman–Crippen MR) is 131 cm³/mol. The number of benzene rings is 1. The Hall–Kier alpha value is -0.910. The lowest BCUT2D eigenvalue weighted by atomic mass is 9.88. The number of nitrogens with zero attached hydrogens (tertiary/aromatic N) is 2. The van der Waals surface area contributed by atoms with Crippen molar-refractivity contribution in [3.8, 4) is 0 Å². The van der Waals surface area contributed by atoms with Gasteiger partial charge in [-0.25, -0.2) is 0 Å². The summed E-state index contributed by atoms with van der Waals surface area (Å²) in [7, 11) is 0. The maximum Gasteiger partial charge on any atom is 0.132 e. The molecule has 31 heavy (non-hydrogen) atoms. The number of hydrogen-bond donors (Lipinski definition) is 0. The van der Waals surface area contributed by atoms with Crippen molar-refractivity contribution in [2.75, 3.05) is 32.7 Å². The molecule has 2 aromatic rings. The van der Waals surface area contributed by atoms with Gasteiger partial charge in [0.05, 0.1) is 0 Å². The van der Waals surface area contributed by atoms with Gasteiger partial charge in [0.1, 0.15) is 5.78 Å². The summed E-state index contributed by atoms with van der Waals surface area (Å²) < 4.78 is 0. The summed E-state index contributed by atoms with van der Waals surface area (Å²) >= 11 is 14.3. The third-order valence-electron chi connectivity index (χ3n) is 7.01. The van der Waals surface area contributed by atoms with Crippen LogP contribution in [-0.2, 0) is 11.3 Å². The molecule has 0 bridgehead atoms. The molecule has 0 unspecified atom stereocenters. The van der Waals surface area contributed by atoms with Crippen LogP contribution in [0.2, 0.25) is 10.0 Å². The number of hydrogen-bond acceptors (Lipinski definition) is 4. The second kappa shape index (κ2) is 10.8. The van der Waals surface area contributed by atoms with Gasteiger partial charge in [-0.15, -0.1) is 0 Å². The predicted octanol–water partition coefficient (Wildman–Crippen LogP) is 6.35. The molecule has 0 spiro atoms. The summed E-state index contributed by atoms with van der Waals surface area (Å²) in [6, 6.07) is 8.12. The van der Waals surface area contributed by atoms with Crippen LogP contribution < -0.4 is 0 Å². The van der Waals surface area contributed by atoms with Crippen molar-refractivity contribution in [2.24, 2.45) is 11.8 Å². The Morgan fingerprint density at radius 3 is 2.61 bits per heavy atom. The smallest absolute Gasteiger partial charge is 0.132 e. The minimum atomic E-state index is 0.420. The zero-order chi connectivity index (χ0) is 21.8. The summed E-state index contributed by atoms with van der Waals surface area (Å²) in [5, 5.41) is 5.96. The first kappa shape index (κ1) is 23.3. The number of thiophene rings is 1. The minimum Gasteiger partial charge on any atom is -0.303 e. The average molecular weight is 480 g/mol. The van der Waals surface area contributed by atoms with Gasteiger partial charge >= 0.3 is 0 Å². The average Bonchev–Trinajstić information content (AvgIpc) is 3.41. The molecule has 0 radical (unpaired) electrons. The lowest BCUT2D eigenvalue weighted by molar-refractivity contribution is -0.120. The topological polar surface area (TPSA) is 23.6 Å². The van der Waals surface area contributed by atoms with Crippen LogP contribution in [-0.4, -0.2) is 48.3 Å². The second-order valence-electron chi connectivity index (χ2n) is 9.19. The largest absolute Gasteiger partial charge is 0.303 e. The molecule has 3 nitrogen and oxygen atoms in total. The van der Waals surface area contributed by atoms with Crippen molar-refractivity contribution < 1.29 is 4.79 Å². The van der Waals surface area contributed by atoms with Crippen molar-refractivity contribution in [3.05, 3.63) is 56.2 Å². The molecule has 6 heteroatoms. The van der Waals surface area contributed by atoms with E-state index < -0.39 is 0 Å². The van der Waals surface area contributed by atoms with Gasteiger partial charge in [-0.05, 0) is 77.9 Å². The molecule has 4 rings (SSSR count). The van der Waals surface area contributed by atoms with Crippen LogP contribution in [0.25, 0.3) is 0 Å². The van der Waals surface area contributed by atoms with E-state index in [9.17, 15) is 4.79 Å². The van der Waals surface area contributed by atoms with Crippen LogP contribution in [0, 0.1) is 11.8 Å². The fourth-order valence-electron chi connectivity index (χ4n) is 5.20. The first-order valence-corrected chi connectivity index (χ1v) is 13.1. The SMILES string of the molecule is CCC(=O)CC1CCN(C[C@H]2CN(Cc3ccc(Cl)cc3Cl)C[C@@H]2c2ccsc2)CC1. The van der Waals surface area contributed by atoms with E-state index in [1.54, 1.807) is 11.3 Å². The van der Waals surface area contributed by atoms with Crippen LogP contribution in [0.5, 0.6) is 0 Å². The Morgan fingerprint density at radius 2 is 1.94 bits per heavy atom. The maximum absolute atomic E-state index is 11.8. The Morgan fingerprint density at radius 1 is 1.13 bits per heavy atom. The van der Waals surface area contributed by atoms with Gasteiger partial charge in [0, 0.05) is 55.0 Å². The number of Topliss-reactive ketones (excluding diaryl/α,β-unsaturated/α-hetero) is 1. The summed E-state index contributed by atoms with van der Waals surface area (Å²) in [5.41, 5.74) is 2.63. The fourth-order valence-corrected chi connectivity index (χ4v) is 6.39. The van der Waals surface area contributed by atoms with Crippen molar-refractivity contribution in [1.29, 1.82) is 0 Å². The van der Waals surface area contributed by atoms with E-state index in [-0.39, 0.29) is 0 Å². The van der Waals surface area contributed by atoms with Crippen LogP contribution in [0.3, 0.4) is 0 Å². The summed E-state index contributed by atoms with van der Waals surface area (Å²) in [4.78, 5) is 17.0.